The van der Waals surface area contributed by atoms with E-state index in [1.807, 2.05) is 11.8 Å². The molecule has 3 nitrogen and oxygen atoms in total. The first kappa shape index (κ1) is 8.38. The molecule has 2 rings (SSSR count). The van der Waals surface area contributed by atoms with Crippen LogP contribution in [0.5, 0.6) is 0 Å². The summed E-state index contributed by atoms with van der Waals surface area (Å²) in [5.74, 6) is 1.14. The van der Waals surface area contributed by atoms with Crippen molar-refractivity contribution in [2.24, 2.45) is 4.99 Å². The Morgan fingerprint density at radius 3 is 3.00 bits per heavy atom. The Hall–Kier alpha value is -0.220. The third-order valence-corrected chi connectivity index (χ3v) is 3.25. The number of ether oxygens (including phenoxy) is 1. The lowest BCUT2D eigenvalue weighted by atomic mass is 9.89. The van der Waals surface area contributed by atoms with E-state index in [9.17, 15) is 0 Å². The molecule has 68 valence electrons. The second kappa shape index (κ2) is 3.66. The van der Waals surface area contributed by atoms with Gasteiger partial charge in [0.2, 0.25) is 0 Å². The summed E-state index contributed by atoms with van der Waals surface area (Å²) in [6.07, 6.45) is 2.75. The van der Waals surface area contributed by atoms with Crippen molar-refractivity contribution < 1.29 is 4.74 Å². The fourth-order valence-corrected chi connectivity index (χ4v) is 2.28. The first-order valence-electron chi connectivity index (χ1n) is 4.35. The van der Waals surface area contributed by atoms with Gasteiger partial charge in [0.15, 0.2) is 5.17 Å². The van der Waals surface area contributed by atoms with Crippen molar-refractivity contribution in [2.45, 2.75) is 25.0 Å². The Labute approximate surface area is 77.0 Å². The fourth-order valence-electron chi connectivity index (χ4n) is 1.47. The quantitative estimate of drug-likeness (QED) is 0.694. The molecule has 4 heteroatoms. The van der Waals surface area contributed by atoms with E-state index in [1.165, 1.54) is 0 Å². The highest BCUT2D eigenvalue weighted by molar-refractivity contribution is 8.14. The molecule has 1 aliphatic carbocycles. The van der Waals surface area contributed by atoms with Crippen LogP contribution in [-0.2, 0) is 4.74 Å². The maximum atomic E-state index is 5.19. The Bertz CT molecular complexity index is 189. The van der Waals surface area contributed by atoms with E-state index in [4.69, 9.17) is 4.74 Å². The highest BCUT2D eigenvalue weighted by Gasteiger charge is 2.29. The van der Waals surface area contributed by atoms with Gasteiger partial charge in [0.25, 0.3) is 0 Å². The number of thioether (sulfide) groups is 1. The Morgan fingerprint density at radius 1 is 1.58 bits per heavy atom. The molecular weight excluding hydrogens is 172 g/mol. The van der Waals surface area contributed by atoms with Crippen molar-refractivity contribution in [3.05, 3.63) is 0 Å². The average molecular weight is 186 g/mol. The Balaban J connectivity index is 1.69. The largest absolute Gasteiger partial charge is 0.381 e. The van der Waals surface area contributed by atoms with Gasteiger partial charge in [0.1, 0.15) is 0 Å². The molecule has 0 atom stereocenters. The number of methoxy groups -OCH3 is 1. The molecule has 0 amide bonds. The number of amidine groups is 1. The molecule has 1 N–H and O–H groups in total. The van der Waals surface area contributed by atoms with Crippen molar-refractivity contribution in [1.82, 2.24) is 5.32 Å². The molecule has 0 aromatic rings. The summed E-state index contributed by atoms with van der Waals surface area (Å²) in [5.41, 5.74) is 0. The molecule has 2 aliphatic rings. The average Bonchev–Trinajstić information content (AvgIpc) is 2.47. The number of nitrogens with zero attached hydrogens (tertiary/aromatic N) is 1. The molecule has 1 saturated carbocycles. The molecule has 1 fully saturated rings. The van der Waals surface area contributed by atoms with Gasteiger partial charge < -0.3 is 10.1 Å². The smallest absolute Gasteiger partial charge is 0.156 e. The number of aliphatic imine (C=N–C) groups is 1. The molecule has 0 bridgehead atoms. The van der Waals surface area contributed by atoms with Gasteiger partial charge in [0.05, 0.1) is 12.6 Å². The standard InChI is InChI=1S/C8H14N2OS/c1-11-7-4-6(5-7)10-8-9-2-3-12-8/h6-7H,2-5H2,1H3,(H,9,10). The first-order chi connectivity index (χ1) is 5.88. The zero-order valence-electron chi connectivity index (χ0n) is 7.25. The molecule has 1 aliphatic heterocycles. The van der Waals surface area contributed by atoms with Gasteiger partial charge in [-0.15, -0.1) is 0 Å². The van der Waals surface area contributed by atoms with Gasteiger partial charge in [-0.1, -0.05) is 11.8 Å². The van der Waals surface area contributed by atoms with E-state index in [-0.39, 0.29) is 0 Å². The van der Waals surface area contributed by atoms with Crippen molar-refractivity contribution in [1.29, 1.82) is 0 Å². The van der Waals surface area contributed by atoms with Crippen LogP contribution in [0, 0.1) is 0 Å². The summed E-state index contributed by atoms with van der Waals surface area (Å²) in [4.78, 5) is 4.34. The van der Waals surface area contributed by atoms with Gasteiger partial charge in [-0.05, 0) is 12.8 Å². The maximum Gasteiger partial charge on any atom is 0.156 e. The van der Waals surface area contributed by atoms with Crippen molar-refractivity contribution >= 4 is 16.9 Å². The molecule has 0 spiro atoms. The van der Waals surface area contributed by atoms with Crippen LogP contribution in [0.15, 0.2) is 4.99 Å². The fraction of sp³-hybridized carbons (Fsp3) is 0.875. The van der Waals surface area contributed by atoms with Crippen LogP contribution in [0.25, 0.3) is 0 Å². The van der Waals surface area contributed by atoms with Crippen molar-refractivity contribution in [3.8, 4) is 0 Å². The second-order valence-electron chi connectivity index (χ2n) is 3.21. The molecule has 0 unspecified atom stereocenters. The molecule has 1 heterocycles. The van der Waals surface area contributed by atoms with E-state index in [0.29, 0.717) is 12.1 Å². The van der Waals surface area contributed by atoms with E-state index in [2.05, 4.69) is 10.3 Å². The van der Waals surface area contributed by atoms with Gasteiger partial charge in [-0.2, -0.15) is 0 Å². The summed E-state index contributed by atoms with van der Waals surface area (Å²) in [7, 11) is 1.78. The number of hydrogen-bond donors (Lipinski definition) is 1. The minimum Gasteiger partial charge on any atom is -0.381 e. The monoisotopic (exact) mass is 186 g/mol. The van der Waals surface area contributed by atoms with Crippen LogP contribution in [0.1, 0.15) is 12.8 Å². The lowest BCUT2D eigenvalue weighted by Crippen LogP contribution is -2.46. The predicted molar refractivity (Wildman–Crippen MR) is 51.7 cm³/mol. The summed E-state index contributed by atoms with van der Waals surface area (Å²) >= 11 is 1.83. The van der Waals surface area contributed by atoms with E-state index in [0.717, 1.165) is 30.3 Å². The van der Waals surface area contributed by atoms with Crippen molar-refractivity contribution in [2.75, 3.05) is 19.4 Å². The summed E-state index contributed by atoms with van der Waals surface area (Å²) in [5, 5.41) is 4.55. The zero-order valence-corrected chi connectivity index (χ0v) is 8.06. The van der Waals surface area contributed by atoms with Crippen LogP contribution >= 0.6 is 11.8 Å². The Kier molecular flexibility index (Phi) is 2.56. The second-order valence-corrected chi connectivity index (χ2v) is 4.29. The molecule has 0 radical (unpaired) electrons. The van der Waals surface area contributed by atoms with Crippen LogP contribution in [0.3, 0.4) is 0 Å². The highest BCUT2D eigenvalue weighted by atomic mass is 32.2. The maximum absolute atomic E-state index is 5.19. The minimum atomic E-state index is 0.481. The number of rotatable bonds is 2. The topological polar surface area (TPSA) is 33.6 Å². The zero-order chi connectivity index (χ0) is 8.39. The summed E-state index contributed by atoms with van der Waals surface area (Å²) in [6.45, 7) is 0.980. The molecule has 0 aromatic heterocycles. The van der Waals surface area contributed by atoms with Crippen LogP contribution in [0.2, 0.25) is 0 Å². The molecule has 12 heavy (non-hydrogen) atoms. The van der Waals surface area contributed by atoms with Gasteiger partial charge in [0, 0.05) is 18.9 Å². The normalized spacial score (nSPS) is 34.2. The molecule has 0 aromatic carbocycles. The van der Waals surface area contributed by atoms with E-state index in [1.54, 1.807) is 7.11 Å². The lowest BCUT2D eigenvalue weighted by Gasteiger charge is -2.34. The van der Waals surface area contributed by atoms with E-state index >= 15 is 0 Å². The van der Waals surface area contributed by atoms with Gasteiger partial charge in [-0.3, -0.25) is 4.99 Å². The van der Waals surface area contributed by atoms with Crippen LogP contribution in [0.4, 0.5) is 0 Å². The van der Waals surface area contributed by atoms with Crippen LogP contribution < -0.4 is 5.32 Å². The Morgan fingerprint density at radius 2 is 2.42 bits per heavy atom. The summed E-state index contributed by atoms with van der Waals surface area (Å²) < 4.78 is 5.19. The molecular formula is C8H14N2OS. The number of nitrogens with one attached hydrogen (secondary N) is 1. The van der Waals surface area contributed by atoms with E-state index < -0.39 is 0 Å². The summed E-state index contributed by atoms with van der Waals surface area (Å²) in [6, 6.07) is 0.610. The third kappa shape index (κ3) is 1.75. The SMILES string of the molecule is COC1CC(NC2=NCCS2)C1. The predicted octanol–water partition coefficient (Wildman–Crippen LogP) is 0.856. The highest BCUT2D eigenvalue weighted by Crippen LogP contribution is 2.24. The van der Waals surface area contributed by atoms with Crippen molar-refractivity contribution in [3.63, 3.8) is 0 Å². The third-order valence-electron chi connectivity index (χ3n) is 2.34. The lowest BCUT2D eigenvalue weighted by molar-refractivity contribution is 0.0228. The number of hydrogen-bond acceptors (Lipinski definition) is 4. The van der Waals surface area contributed by atoms with Gasteiger partial charge >= 0.3 is 0 Å². The first-order valence-corrected chi connectivity index (χ1v) is 5.33. The minimum absolute atomic E-state index is 0.481. The molecule has 0 saturated heterocycles. The van der Waals surface area contributed by atoms with Crippen LogP contribution in [-0.4, -0.2) is 36.7 Å². The van der Waals surface area contributed by atoms with Gasteiger partial charge in [-0.25, -0.2) is 0 Å².